The molecule has 2 rings (SSSR count). The van der Waals surface area contributed by atoms with Gasteiger partial charge >= 0.3 is 0 Å². The van der Waals surface area contributed by atoms with Crippen LogP contribution in [0.15, 0.2) is 42.5 Å². The average molecular weight is 274 g/mol. The maximum absolute atomic E-state index is 12.1. The van der Waals surface area contributed by atoms with Gasteiger partial charge in [0.05, 0.1) is 0 Å². The Hall–Kier alpha value is -2.13. The van der Waals surface area contributed by atoms with Gasteiger partial charge in [-0.3, -0.25) is 9.59 Å². The minimum absolute atomic E-state index is 0.225. The van der Waals surface area contributed by atoms with E-state index in [4.69, 9.17) is 11.6 Å². The monoisotopic (exact) mass is 273 g/mol. The van der Waals surface area contributed by atoms with Gasteiger partial charge in [0.15, 0.2) is 0 Å². The van der Waals surface area contributed by atoms with Crippen LogP contribution in [0.3, 0.4) is 0 Å². The molecule has 3 nitrogen and oxygen atoms in total. The fraction of sp³-hybridized carbons (Fsp3) is 0.0667. The van der Waals surface area contributed by atoms with E-state index < -0.39 is 0 Å². The van der Waals surface area contributed by atoms with Crippen LogP contribution in [0.2, 0.25) is 5.02 Å². The fourth-order valence-corrected chi connectivity index (χ4v) is 2.00. The molecule has 1 N–H and O–H groups in total. The molecule has 0 aliphatic carbocycles. The lowest BCUT2D eigenvalue weighted by molar-refractivity contribution is 0.102. The van der Waals surface area contributed by atoms with Gasteiger partial charge in [-0.15, -0.1) is 0 Å². The summed E-state index contributed by atoms with van der Waals surface area (Å²) in [5.41, 5.74) is 2.46. The van der Waals surface area contributed by atoms with Gasteiger partial charge in [0.2, 0.25) is 0 Å². The highest BCUT2D eigenvalue weighted by Gasteiger charge is 2.09. The van der Waals surface area contributed by atoms with Crippen molar-refractivity contribution in [2.75, 3.05) is 5.32 Å². The topological polar surface area (TPSA) is 46.2 Å². The number of amides is 1. The molecule has 0 bridgehead atoms. The molecule has 0 radical (unpaired) electrons. The molecule has 0 atom stereocenters. The van der Waals surface area contributed by atoms with Crippen molar-refractivity contribution >= 4 is 29.5 Å². The van der Waals surface area contributed by atoms with Gasteiger partial charge in [-0.2, -0.15) is 0 Å². The van der Waals surface area contributed by atoms with Crippen molar-refractivity contribution in [1.82, 2.24) is 0 Å². The summed E-state index contributed by atoms with van der Waals surface area (Å²) in [5.74, 6) is -0.225. The van der Waals surface area contributed by atoms with E-state index in [0.29, 0.717) is 21.8 Å². The Morgan fingerprint density at radius 3 is 2.68 bits per heavy atom. The molecule has 0 unspecified atom stereocenters. The minimum atomic E-state index is -0.225. The standard InChI is InChI=1S/C15H12ClNO2/c1-10-7-12(16)5-6-14(10)15(19)17-13-4-2-3-11(8-13)9-18/h2-9H,1H3,(H,17,19). The summed E-state index contributed by atoms with van der Waals surface area (Å²) < 4.78 is 0. The first kappa shape index (κ1) is 13.3. The highest BCUT2D eigenvalue weighted by Crippen LogP contribution is 2.17. The number of hydrogen-bond acceptors (Lipinski definition) is 2. The molecule has 0 aliphatic heterocycles. The van der Waals surface area contributed by atoms with Crippen molar-refractivity contribution < 1.29 is 9.59 Å². The van der Waals surface area contributed by atoms with E-state index in [9.17, 15) is 9.59 Å². The smallest absolute Gasteiger partial charge is 0.255 e. The van der Waals surface area contributed by atoms with Gasteiger partial charge in [0.1, 0.15) is 6.29 Å². The number of aldehydes is 1. The molecule has 0 aliphatic rings. The molecular formula is C15H12ClNO2. The Bertz CT molecular complexity index is 638. The molecule has 96 valence electrons. The summed E-state index contributed by atoms with van der Waals surface area (Å²) in [6.45, 7) is 1.82. The number of nitrogens with one attached hydrogen (secondary N) is 1. The number of aryl methyl sites for hydroxylation is 1. The van der Waals surface area contributed by atoms with Gasteiger partial charge in [0.25, 0.3) is 5.91 Å². The first-order chi connectivity index (χ1) is 9.10. The predicted molar refractivity (Wildman–Crippen MR) is 76.0 cm³/mol. The SMILES string of the molecule is Cc1cc(Cl)ccc1C(=O)Nc1cccc(C=O)c1. The van der Waals surface area contributed by atoms with E-state index >= 15 is 0 Å². The first-order valence-corrected chi connectivity index (χ1v) is 6.10. The van der Waals surface area contributed by atoms with E-state index in [1.165, 1.54) is 0 Å². The molecule has 0 aromatic heterocycles. The summed E-state index contributed by atoms with van der Waals surface area (Å²) in [5, 5.41) is 3.35. The Morgan fingerprint density at radius 2 is 2.00 bits per heavy atom. The second-order valence-electron chi connectivity index (χ2n) is 4.16. The van der Waals surface area contributed by atoms with Crippen molar-refractivity contribution in [3.05, 3.63) is 64.2 Å². The van der Waals surface area contributed by atoms with Crippen LogP contribution in [-0.2, 0) is 0 Å². The minimum Gasteiger partial charge on any atom is -0.322 e. The molecule has 0 saturated carbocycles. The number of rotatable bonds is 3. The quantitative estimate of drug-likeness (QED) is 0.867. The predicted octanol–water partition coefficient (Wildman–Crippen LogP) is 3.71. The van der Waals surface area contributed by atoms with Gasteiger partial charge in [0, 0.05) is 21.8 Å². The van der Waals surface area contributed by atoms with Crippen molar-refractivity contribution in [3.8, 4) is 0 Å². The fourth-order valence-electron chi connectivity index (χ4n) is 1.77. The summed E-state index contributed by atoms with van der Waals surface area (Å²) in [6, 6.07) is 11.8. The zero-order chi connectivity index (χ0) is 13.8. The number of carbonyl (C=O) groups is 2. The third-order valence-corrected chi connectivity index (χ3v) is 2.95. The van der Waals surface area contributed by atoms with Crippen molar-refractivity contribution in [1.29, 1.82) is 0 Å². The summed E-state index contributed by atoms with van der Waals surface area (Å²) in [6.07, 6.45) is 0.739. The number of carbonyl (C=O) groups excluding carboxylic acids is 2. The molecule has 1 amide bonds. The summed E-state index contributed by atoms with van der Waals surface area (Å²) in [4.78, 5) is 22.8. The largest absolute Gasteiger partial charge is 0.322 e. The zero-order valence-electron chi connectivity index (χ0n) is 10.3. The number of hydrogen-bond donors (Lipinski definition) is 1. The summed E-state index contributed by atoms with van der Waals surface area (Å²) in [7, 11) is 0. The van der Waals surface area contributed by atoms with Gasteiger partial charge < -0.3 is 5.32 Å². The van der Waals surface area contributed by atoms with Gasteiger partial charge in [-0.25, -0.2) is 0 Å². The van der Waals surface area contributed by atoms with Crippen LogP contribution in [0.25, 0.3) is 0 Å². The molecule has 0 saturated heterocycles. The van der Waals surface area contributed by atoms with E-state index in [0.717, 1.165) is 11.8 Å². The van der Waals surface area contributed by atoms with Gasteiger partial charge in [-0.1, -0.05) is 23.7 Å². The van der Waals surface area contributed by atoms with Crippen LogP contribution >= 0.6 is 11.6 Å². The van der Waals surface area contributed by atoms with Crippen LogP contribution in [0, 0.1) is 6.92 Å². The lowest BCUT2D eigenvalue weighted by Crippen LogP contribution is -2.13. The van der Waals surface area contributed by atoms with Crippen LogP contribution in [0.5, 0.6) is 0 Å². The molecule has 4 heteroatoms. The molecule has 2 aromatic carbocycles. The van der Waals surface area contributed by atoms with Crippen LogP contribution < -0.4 is 5.32 Å². The molecule has 19 heavy (non-hydrogen) atoms. The van der Waals surface area contributed by atoms with E-state index in [1.54, 1.807) is 42.5 Å². The highest BCUT2D eigenvalue weighted by atomic mass is 35.5. The lowest BCUT2D eigenvalue weighted by atomic mass is 10.1. The third-order valence-electron chi connectivity index (χ3n) is 2.71. The zero-order valence-corrected chi connectivity index (χ0v) is 11.1. The van der Waals surface area contributed by atoms with Crippen molar-refractivity contribution in [3.63, 3.8) is 0 Å². The second kappa shape index (κ2) is 5.67. The van der Waals surface area contributed by atoms with Crippen LogP contribution in [-0.4, -0.2) is 12.2 Å². The molecular weight excluding hydrogens is 262 g/mol. The molecule has 0 spiro atoms. The normalized spacial score (nSPS) is 10.0. The van der Waals surface area contributed by atoms with E-state index in [2.05, 4.69) is 5.32 Å². The number of anilines is 1. The maximum atomic E-state index is 12.1. The number of halogens is 1. The average Bonchev–Trinajstić information content (AvgIpc) is 2.38. The summed E-state index contributed by atoms with van der Waals surface area (Å²) >= 11 is 5.85. The molecule has 2 aromatic rings. The van der Waals surface area contributed by atoms with E-state index in [1.807, 2.05) is 6.92 Å². The van der Waals surface area contributed by atoms with Crippen LogP contribution in [0.4, 0.5) is 5.69 Å². The maximum Gasteiger partial charge on any atom is 0.255 e. The van der Waals surface area contributed by atoms with Crippen molar-refractivity contribution in [2.45, 2.75) is 6.92 Å². The Labute approximate surface area is 116 Å². The Kier molecular flexibility index (Phi) is 3.97. The third kappa shape index (κ3) is 3.20. The lowest BCUT2D eigenvalue weighted by Gasteiger charge is -2.08. The number of benzene rings is 2. The Balaban J connectivity index is 2.22. The van der Waals surface area contributed by atoms with Crippen molar-refractivity contribution in [2.24, 2.45) is 0 Å². The highest BCUT2D eigenvalue weighted by molar-refractivity contribution is 6.30. The molecule has 0 heterocycles. The van der Waals surface area contributed by atoms with Gasteiger partial charge in [-0.05, 0) is 42.8 Å². The van der Waals surface area contributed by atoms with E-state index in [-0.39, 0.29) is 5.91 Å². The Morgan fingerprint density at radius 1 is 1.21 bits per heavy atom. The second-order valence-corrected chi connectivity index (χ2v) is 4.59. The molecule has 0 fully saturated rings. The first-order valence-electron chi connectivity index (χ1n) is 5.73. The van der Waals surface area contributed by atoms with Crippen LogP contribution in [0.1, 0.15) is 26.3 Å².